The van der Waals surface area contributed by atoms with Crippen LogP contribution in [0, 0.1) is 0 Å². The molecular weight excluding hydrogens is 386 g/mol. The maximum Gasteiger partial charge on any atom is 0.325 e. The van der Waals surface area contributed by atoms with Gasteiger partial charge < -0.3 is 20.9 Å². The Morgan fingerprint density at radius 1 is 1.03 bits per heavy atom. The number of hydrogen-bond donors (Lipinski definition) is 4. The van der Waals surface area contributed by atoms with Gasteiger partial charge in [0.15, 0.2) is 0 Å². The van der Waals surface area contributed by atoms with E-state index in [-0.39, 0.29) is 19.0 Å². The molecule has 2 aliphatic heterocycles. The fourth-order valence-corrected chi connectivity index (χ4v) is 3.46. The predicted octanol–water partition coefficient (Wildman–Crippen LogP) is 1.79. The Hall–Kier alpha value is -3.88. The van der Waals surface area contributed by atoms with Crippen molar-refractivity contribution in [3.05, 3.63) is 53.6 Å². The van der Waals surface area contributed by atoms with Crippen LogP contribution in [0.3, 0.4) is 0 Å². The van der Waals surface area contributed by atoms with Gasteiger partial charge in [0, 0.05) is 29.2 Å². The van der Waals surface area contributed by atoms with Gasteiger partial charge >= 0.3 is 6.03 Å². The van der Waals surface area contributed by atoms with Gasteiger partial charge in [0.05, 0.1) is 0 Å². The van der Waals surface area contributed by atoms with Gasteiger partial charge in [0.2, 0.25) is 11.8 Å². The van der Waals surface area contributed by atoms with Crippen LogP contribution in [-0.4, -0.2) is 48.3 Å². The lowest BCUT2D eigenvalue weighted by molar-refractivity contribution is -0.119. The topological polar surface area (TPSA) is 120 Å². The van der Waals surface area contributed by atoms with E-state index >= 15 is 0 Å². The first-order chi connectivity index (χ1) is 14.5. The van der Waals surface area contributed by atoms with Gasteiger partial charge in [0.25, 0.3) is 5.91 Å². The minimum absolute atomic E-state index is 0.141. The Bertz CT molecular complexity index is 1040. The highest BCUT2D eigenvalue weighted by Gasteiger charge is 2.28. The molecule has 0 saturated carbocycles. The maximum atomic E-state index is 12.6. The van der Waals surface area contributed by atoms with Gasteiger partial charge in [-0.1, -0.05) is 12.1 Å². The number of anilines is 3. The second-order valence-electron chi connectivity index (χ2n) is 7.19. The second kappa shape index (κ2) is 8.24. The molecule has 0 aromatic heterocycles. The van der Waals surface area contributed by atoms with Crippen LogP contribution in [0.4, 0.5) is 21.9 Å². The van der Waals surface area contributed by atoms with Crippen molar-refractivity contribution in [1.82, 2.24) is 10.2 Å². The van der Waals surface area contributed by atoms with E-state index < -0.39 is 17.8 Å². The lowest BCUT2D eigenvalue weighted by atomic mass is 10.0. The van der Waals surface area contributed by atoms with Crippen molar-refractivity contribution < 1.29 is 19.2 Å². The number of imide groups is 1. The van der Waals surface area contributed by atoms with Gasteiger partial charge in [0.1, 0.15) is 13.1 Å². The molecule has 0 atom stereocenters. The zero-order chi connectivity index (χ0) is 21.1. The van der Waals surface area contributed by atoms with Crippen LogP contribution in [-0.2, 0) is 16.0 Å². The van der Waals surface area contributed by atoms with Crippen LogP contribution in [0.2, 0.25) is 0 Å². The first kappa shape index (κ1) is 19.4. The van der Waals surface area contributed by atoms with E-state index in [0.717, 1.165) is 30.0 Å². The van der Waals surface area contributed by atoms with Gasteiger partial charge in [-0.05, 0) is 48.7 Å². The Morgan fingerprint density at radius 2 is 1.83 bits per heavy atom. The Morgan fingerprint density at radius 3 is 2.60 bits per heavy atom. The summed E-state index contributed by atoms with van der Waals surface area (Å²) in [7, 11) is 0. The average molecular weight is 407 g/mol. The van der Waals surface area contributed by atoms with E-state index in [9.17, 15) is 19.2 Å². The molecule has 1 saturated heterocycles. The van der Waals surface area contributed by atoms with Crippen LogP contribution >= 0.6 is 0 Å². The largest absolute Gasteiger partial charge is 0.385 e. The molecule has 4 N–H and O–H groups in total. The molecule has 5 amide bonds. The van der Waals surface area contributed by atoms with Gasteiger partial charge in [-0.15, -0.1) is 0 Å². The molecule has 2 aromatic rings. The third kappa shape index (κ3) is 4.40. The molecular formula is C21H21N5O4. The number of benzene rings is 2. The summed E-state index contributed by atoms with van der Waals surface area (Å²) >= 11 is 0. The van der Waals surface area contributed by atoms with E-state index in [2.05, 4.69) is 21.3 Å². The minimum Gasteiger partial charge on any atom is -0.385 e. The average Bonchev–Trinajstić information content (AvgIpc) is 3.04. The monoisotopic (exact) mass is 407 g/mol. The Balaban J connectivity index is 1.38. The number of hydrogen-bond acceptors (Lipinski definition) is 5. The van der Waals surface area contributed by atoms with E-state index in [1.54, 1.807) is 30.3 Å². The number of carbonyl (C=O) groups is 4. The normalized spacial score (nSPS) is 15.1. The quantitative estimate of drug-likeness (QED) is 0.564. The number of rotatable bonds is 5. The fraction of sp³-hybridized carbons (Fsp3) is 0.238. The third-order valence-electron chi connectivity index (χ3n) is 4.92. The smallest absolute Gasteiger partial charge is 0.325 e. The van der Waals surface area contributed by atoms with Crippen molar-refractivity contribution in [3.63, 3.8) is 0 Å². The summed E-state index contributed by atoms with van der Waals surface area (Å²) in [5.41, 5.74) is 3.73. The van der Waals surface area contributed by atoms with E-state index in [0.29, 0.717) is 16.9 Å². The van der Waals surface area contributed by atoms with Crippen molar-refractivity contribution >= 4 is 40.8 Å². The maximum absolute atomic E-state index is 12.6. The highest BCUT2D eigenvalue weighted by atomic mass is 16.2. The summed E-state index contributed by atoms with van der Waals surface area (Å²) in [6, 6.07) is 11.7. The summed E-state index contributed by atoms with van der Waals surface area (Å²) in [5.74, 6) is -1.13. The van der Waals surface area contributed by atoms with E-state index in [1.165, 1.54) is 5.56 Å². The number of carbonyl (C=O) groups excluding carboxylic acids is 4. The number of nitrogens with zero attached hydrogens (tertiary/aromatic N) is 1. The zero-order valence-corrected chi connectivity index (χ0v) is 16.2. The van der Waals surface area contributed by atoms with Crippen LogP contribution < -0.4 is 21.3 Å². The molecule has 30 heavy (non-hydrogen) atoms. The zero-order valence-electron chi connectivity index (χ0n) is 16.2. The molecule has 0 aliphatic carbocycles. The number of fused-ring (bicyclic) bond motifs is 1. The summed E-state index contributed by atoms with van der Waals surface area (Å²) in [6.45, 7) is 0.515. The fourth-order valence-electron chi connectivity index (χ4n) is 3.46. The molecule has 2 heterocycles. The van der Waals surface area contributed by atoms with Gasteiger partial charge in [-0.3, -0.25) is 19.7 Å². The molecule has 1 fully saturated rings. The standard InChI is InChI=1S/C21H21N5O4/c27-18(11-26-12-19(28)25-21(26)30)23-15-4-1-5-16(10-15)24-20(29)14-7-6-13-3-2-8-22-17(13)9-14/h1,4-7,9-10,22H,2-3,8,11-12H2,(H,23,27)(H,24,29)(H,25,28,30). The lowest BCUT2D eigenvalue weighted by Gasteiger charge is -2.18. The summed E-state index contributed by atoms with van der Waals surface area (Å²) in [4.78, 5) is 48.6. The SMILES string of the molecule is O=C1CN(CC(=O)Nc2cccc(NC(=O)c3ccc4c(c3)NCCC4)c2)C(=O)N1. The van der Waals surface area contributed by atoms with Crippen LogP contribution in [0.1, 0.15) is 22.3 Å². The number of nitrogens with one attached hydrogen (secondary N) is 4. The molecule has 0 radical (unpaired) electrons. The van der Waals surface area contributed by atoms with Crippen molar-refractivity contribution in [2.24, 2.45) is 0 Å². The third-order valence-corrected chi connectivity index (χ3v) is 4.92. The molecule has 2 aromatic carbocycles. The van der Waals surface area contributed by atoms with E-state index in [1.807, 2.05) is 12.1 Å². The second-order valence-corrected chi connectivity index (χ2v) is 7.19. The Kier molecular flexibility index (Phi) is 5.34. The first-order valence-electron chi connectivity index (χ1n) is 9.65. The molecule has 9 heteroatoms. The lowest BCUT2D eigenvalue weighted by Crippen LogP contribution is -2.35. The van der Waals surface area contributed by atoms with Crippen molar-refractivity contribution in [2.75, 3.05) is 35.6 Å². The molecule has 0 spiro atoms. The summed E-state index contributed by atoms with van der Waals surface area (Å²) in [5, 5.41) is 10.9. The number of amides is 5. The van der Waals surface area contributed by atoms with E-state index in [4.69, 9.17) is 0 Å². The van der Waals surface area contributed by atoms with Crippen molar-refractivity contribution in [3.8, 4) is 0 Å². The minimum atomic E-state index is -0.587. The molecule has 2 aliphatic rings. The van der Waals surface area contributed by atoms with Crippen molar-refractivity contribution in [2.45, 2.75) is 12.8 Å². The number of urea groups is 1. The Labute approximate surface area is 172 Å². The molecule has 9 nitrogen and oxygen atoms in total. The van der Waals surface area contributed by atoms with Crippen LogP contribution in [0.15, 0.2) is 42.5 Å². The molecule has 0 bridgehead atoms. The van der Waals surface area contributed by atoms with Crippen LogP contribution in [0.5, 0.6) is 0 Å². The summed E-state index contributed by atoms with van der Waals surface area (Å²) < 4.78 is 0. The van der Waals surface area contributed by atoms with Crippen molar-refractivity contribution in [1.29, 1.82) is 0 Å². The highest BCUT2D eigenvalue weighted by Crippen LogP contribution is 2.24. The van der Waals surface area contributed by atoms with Gasteiger partial charge in [-0.25, -0.2) is 4.79 Å². The van der Waals surface area contributed by atoms with Gasteiger partial charge in [-0.2, -0.15) is 0 Å². The number of aryl methyl sites for hydroxylation is 1. The molecule has 0 unspecified atom stereocenters. The first-order valence-corrected chi connectivity index (χ1v) is 9.65. The molecule has 4 rings (SSSR count). The predicted molar refractivity (Wildman–Crippen MR) is 111 cm³/mol. The van der Waals surface area contributed by atoms with Crippen LogP contribution in [0.25, 0.3) is 0 Å². The highest BCUT2D eigenvalue weighted by molar-refractivity contribution is 6.06. The summed E-state index contributed by atoms with van der Waals surface area (Å²) in [6.07, 6.45) is 2.08. The molecule has 154 valence electrons.